The van der Waals surface area contributed by atoms with Crippen molar-refractivity contribution in [2.45, 2.75) is 6.18 Å². The van der Waals surface area contributed by atoms with Gasteiger partial charge >= 0.3 is 25.0 Å². The van der Waals surface area contributed by atoms with Crippen LogP contribution in [0.25, 0.3) is 0 Å². The average Bonchev–Trinajstić information content (AvgIpc) is 1.62. The molecule has 0 amide bonds. The Morgan fingerprint density at radius 3 is 1.40 bits per heavy atom. The van der Waals surface area contributed by atoms with Gasteiger partial charge in [0.2, 0.25) is 0 Å². The molecule has 0 spiro atoms. The zero-order chi connectivity index (χ0) is 7.65. The SMILES string of the molecule is [Li+].[O-]C(=C(F)F)C(F)(F)F. The monoisotopic (exact) mass is 154 g/mol. The molecule has 54 valence electrons. The van der Waals surface area contributed by atoms with Crippen LogP contribution in [0.5, 0.6) is 0 Å². The van der Waals surface area contributed by atoms with Crippen LogP contribution in [0.1, 0.15) is 0 Å². The Hall–Kier alpha value is -0.213. The van der Waals surface area contributed by atoms with Crippen molar-refractivity contribution in [2.24, 2.45) is 0 Å². The minimum absolute atomic E-state index is 0. The molecule has 0 aromatic carbocycles. The Labute approximate surface area is 64.7 Å². The molecule has 0 aliphatic rings. The Kier molecular flexibility index (Phi) is 4.78. The molecule has 0 atom stereocenters. The molecule has 0 saturated carbocycles. The first kappa shape index (κ1) is 12.5. The van der Waals surface area contributed by atoms with Gasteiger partial charge in [0.15, 0.2) is 0 Å². The first-order valence-corrected chi connectivity index (χ1v) is 1.65. The van der Waals surface area contributed by atoms with Gasteiger partial charge in [0, 0.05) is 5.76 Å². The van der Waals surface area contributed by atoms with Gasteiger partial charge in [-0.2, -0.15) is 22.0 Å². The Morgan fingerprint density at radius 2 is 1.40 bits per heavy atom. The summed E-state index contributed by atoms with van der Waals surface area (Å²) in [6.07, 6.45) is -8.68. The van der Waals surface area contributed by atoms with Crippen molar-refractivity contribution in [3.8, 4) is 0 Å². The van der Waals surface area contributed by atoms with Crippen molar-refractivity contribution < 1.29 is 45.9 Å². The van der Waals surface area contributed by atoms with Crippen LogP contribution in [0.15, 0.2) is 11.8 Å². The van der Waals surface area contributed by atoms with E-state index in [0.29, 0.717) is 0 Å². The van der Waals surface area contributed by atoms with E-state index in [-0.39, 0.29) is 18.9 Å². The average molecular weight is 154 g/mol. The number of rotatable bonds is 0. The van der Waals surface area contributed by atoms with Crippen LogP contribution >= 0.6 is 0 Å². The zero-order valence-corrected chi connectivity index (χ0v) is 4.80. The summed E-state index contributed by atoms with van der Waals surface area (Å²) in [4.78, 5) is 0. The largest absolute Gasteiger partial charge is 1.00 e. The van der Waals surface area contributed by atoms with Gasteiger partial charge in [-0.25, -0.2) is 0 Å². The maximum Gasteiger partial charge on any atom is 1.00 e. The standard InChI is InChI=1S/C3HF5O.Li/c4-2(5)1(9)3(6,7)8;/h9H;/q;+1/p-1. The Bertz CT molecular complexity index is 134. The van der Waals surface area contributed by atoms with Crippen LogP contribution < -0.4 is 24.0 Å². The second-order valence-corrected chi connectivity index (χ2v) is 1.09. The normalized spacial score (nSPS) is 10.1. The molecule has 0 rings (SSSR count). The predicted octanol–water partition coefficient (Wildman–Crippen LogP) is -1.98. The van der Waals surface area contributed by atoms with Crippen molar-refractivity contribution in [3.63, 3.8) is 0 Å². The number of alkyl halides is 3. The fraction of sp³-hybridized carbons (Fsp3) is 0.333. The third-order valence-corrected chi connectivity index (χ3v) is 0.429. The van der Waals surface area contributed by atoms with Crippen LogP contribution in [0.2, 0.25) is 0 Å². The quantitative estimate of drug-likeness (QED) is 0.225. The van der Waals surface area contributed by atoms with Crippen molar-refractivity contribution in [3.05, 3.63) is 11.8 Å². The number of hydrogen-bond acceptors (Lipinski definition) is 1. The molecule has 0 bridgehead atoms. The zero-order valence-electron chi connectivity index (χ0n) is 4.80. The van der Waals surface area contributed by atoms with E-state index in [1.54, 1.807) is 0 Å². The van der Waals surface area contributed by atoms with E-state index in [2.05, 4.69) is 0 Å². The maximum absolute atomic E-state index is 10.8. The number of halogens is 5. The van der Waals surface area contributed by atoms with Crippen LogP contribution in [0.3, 0.4) is 0 Å². The summed E-state index contributed by atoms with van der Waals surface area (Å²) in [6, 6.07) is 0. The van der Waals surface area contributed by atoms with E-state index < -0.39 is 18.0 Å². The molecule has 7 heteroatoms. The molecule has 0 aromatic heterocycles. The number of hydrogen-bond donors (Lipinski definition) is 0. The molecule has 0 unspecified atom stereocenters. The summed E-state index contributed by atoms with van der Waals surface area (Å²) in [6.45, 7) is 0. The van der Waals surface area contributed by atoms with Crippen LogP contribution in [-0.2, 0) is 0 Å². The van der Waals surface area contributed by atoms with Crippen molar-refractivity contribution in [1.82, 2.24) is 0 Å². The maximum atomic E-state index is 10.8. The summed E-state index contributed by atoms with van der Waals surface area (Å²) in [5.41, 5.74) is 0. The minimum atomic E-state index is -5.45. The van der Waals surface area contributed by atoms with E-state index >= 15 is 0 Å². The van der Waals surface area contributed by atoms with E-state index in [9.17, 15) is 27.1 Å². The second-order valence-electron chi connectivity index (χ2n) is 1.09. The first-order chi connectivity index (χ1) is 3.85. The Morgan fingerprint density at radius 1 is 1.10 bits per heavy atom. The number of allylic oxidation sites excluding steroid dienone is 1. The van der Waals surface area contributed by atoms with Gasteiger partial charge in [0.1, 0.15) is 0 Å². The fourth-order valence-corrected chi connectivity index (χ4v) is 0.107. The minimum Gasteiger partial charge on any atom is -0.866 e. The molecule has 1 nitrogen and oxygen atoms in total. The van der Waals surface area contributed by atoms with Gasteiger partial charge in [-0.3, -0.25) is 0 Å². The summed E-state index contributed by atoms with van der Waals surface area (Å²) >= 11 is 0. The van der Waals surface area contributed by atoms with Crippen molar-refractivity contribution >= 4 is 0 Å². The third-order valence-electron chi connectivity index (χ3n) is 0.429. The third kappa shape index (κ3) is 3.75. The van der Waals surface area contributed by atoms with E-state index in [1.807, 2.05) is 0 Å². The van der Waals surface area contributed by atoms with E-state index in [4.69, 9.17) is 0 Å². The van der Waals surface area contributed by atoms with Gasteiger partial charge in [-0.15, -0.1) is 0 Å². The van der Waals surface area contributed by atoms with Crippen molar-refractivity contribution in [2.75, 3.05) is 0 Å². The van der Waals surface area contributed by atoms with E-state index in [1.165, 1.54) is 0 Å². The first-order valence-electron chi connectivity index (χ1n) is 1.65. The summed E-state index contributed by atoms with van der Waals surface area (Å²) in [7, 11) is 0. The molecule has 0 aromatic rings. The predicted molar refractivity (Wildman–Crippen MR) is 15.3 cm³/mol. The molecular formula is C3F5LiO. The molecule has 0 aliphatic heterocycles. The van der Waals surface area contributed by atoms with Crippen molar-refractivity contribution in [1.29, 1.82) is 0 Å². The molecule has 0 heterocycles. The van der Waals surface area contributed by atoms with Crippen LogP contribution in [0.4, 0.5) is 22.0 Å². The van der Waals surface area contributed by atoms with Gasteiger partial charge in [-0.1, -0.05) is 0 Å². The molecule has 0 aliphatic carbocycles. The van der Waals surface area contributed by atoms with Crippen LogP contribution in [0, 0.1) is 0 Å². The van der Waals surface area contributed by atoms with Gasteiger partial charge in [0.05, 0.1) is 0 Å². The van der Waals surface area contributed by atoms with Crippen LogP contribution in [-0.4, -0.2) is 6.18 Å². The molecular weight excluding hydrogens is 154 g/mol. The summed E-state index contributed by atoms with van der Waals surface area (Å²) in [5, 5.41) is 9.25. The van der Waals surface area contributed by atoms with Gasteiger partial charge < -0.3 is 5.11 Å². The summed E-state index contributed by atoms with van der Waals surface area (Å²) < 4.78 is 54.1. The molecule has 0 N–H and O–H groups in total. The summed E-state index contributed by atoms with van der Waals surface area (Å²) in [5.74, 6) is -3.08. The molecule has 0 fully saturated rings. The molecule has 0 saturated heterocycles. The second kappa shape index (κ2) is 3.84. The molecule has 0 radical (unpaired) electrons. The molecule has 10 heavy (non-hydrogen) atoms. The van der Waals surface area contributed by atoms with E-state index in [0.717, 1.165) is 0 Å². The fourth-order valence-electron chi connectivity index (χ4n) is 0.107. The smallest absolute Gasteiger partial charge is 0.866 e. The topological polar surface area (TPSA) is 23.1 Å². The Balaban J connectivity index is 0. The van der Waals surface area contributed by atoms with Gasteiger partial charge in [0.25, 0.3) is 6.08 Å². The van der Waals surface area contributed by atoms with Gasteiger partial charge in [-0.05, 0) is 0 Å².